The lowest BCUT2D eigenvalue weighted by Crippen LogP contribution is -2.49. The Balaban J connectivity index is 1.90. The first-order valence-electron chi connectivity index (χ1n) is 9.59. The maximum atomic E-state index is 13.7. The zero-order valence-electron chi connectivity index (χ0n) is 17.1. The van der Waals surface area contributed by atoms with Crippen LogP contribution in [0.15, 0.2) is 66.4 Å². The van der Waals surface area contributed by atoms with Crippen LogP contribution in [0.25, 0.3) is 0 Å². The van der Waals surface area contributed by atoms with Crippen molar-refractivity contribution in [1.82, 2.24) is 10.0 Å². The number of rotatable bonds is 5. The van der Waals surface area contributed by atoms with E-state index in [9.17, 15) is 24.5 Å². The van der Waals surface area contributed by atoms with E-state index in [4.69, 9.17) is 11.6 Å². The average molecular weight is 751 g/mol. The van der Waals surface area contributed by atoms with Crippen molar-refractivity contribution in [3.63, 3.8) is 0 Å². The number of halogens is 5. The number of amides is 3. The van der Waals surface area contributed by atoms with E-state index >= 15 is 0 Å². The summed E-state index contributed by atoms with van der Waals surface area (Å²) in [6, 6.07) is 11.9. The number of nitrogens with zero attached hydrogens (tertiary/aromatic N) is 3. The van der Waals surface area contributed by atoms with Gasteiger partial charge in [0.1, 0.15) is 5.56 Å². The van der Waals surface area contributed by atoms with Crippen LogP contribution < -0.4 is 0 Å². The molecule has 1 aliphatic rings. The Hall–Kier alpha value is -2.12. The SMILES string of the molecule is O=C(c1ccccc1[N+](=O)[O-])N(Cc1ccccc1Cl)N1C(=O)c2c(Br)c(Br)c(Br)c(Br)c2C1=O. The highest BCUT2D eigenvalue weighted by Gasteiger charge is 2.46. The molecule has 1 heterocycles. The molecule has 4 rings (SSSR count). The molecule has 0 aliphatic carbocycles. The number of imide groups is 1. The van der Waals surface area contributed by atoms with E-state index in [0.717, 1.165) is 5.01 Å². The minimum Gasteiger partial charge on any atom is -0.267 e. The number of fused-ring (bicyclic) bond motifs is 1. The van der Waals surface area contributed by atoms with Gasteiger partial charge in [-0.25, -0.2) is 5.01 Å². The molecule has 3 aromatic rings. The summed E-state index contributed by atoms with van der Waals surface area (Å²) in [5, 5.41) is 13.4. The number of hydrogen-bond acceptors (Lipinski definition) is 5. The Morgan fingerprint density at radius 2 is 1.40 bits per heavy atom. The van der Waals surface area contributed by atoms with E-state index in [1.165, 1.54) is 24.3 Å². The van der Waals surface area contributed by atoms with E-state index in [1.807, 2.05) is 0 Å². The Morgan fingerprint density at radius 1 is 0.886 bits per heavy atom. The summed E-state index contributed by atoms with van der Waals surface area (Å²) >= 11 is 19.7. The van der Waals surface area contributed by atoms with Crippen molar-refractivity contribution in [2.24, 2.45) is 0 Å². The van der Waals surface area contributed by atoms with Crippen LogP contribution in [0.5, 0.6) is 0 Å². The second-order valence-electron chi connectivity index (χ2n) is 7.16. The number of carbonyl (C=O) groups is 3. The second-order valence-corrected chi connectivity index (χ2v) is 10.7. The number of nitro benzene ring substituents is 1. The number of nitro groups is 1. The van der Waals surface area contributed by atoms with E-state index in [-0.39, 0.29) is 28.3 Å². The lowest BCUT2D eigenvalue weighted by atomic mass is 10.1. The molecule has 1 aliphatic heterocycles. The van der Waals surface area contributed by atoms with Gasteiger partial charge in [0.15, 0.2) is 0 Å². The maximum Gasteiger partial charge on any atom is 0.282 e. The van der Waals surface area contributed by atoms with Gasteiger partial charge in [0.05, 0.1) is 22.6 Å². The molecule has 0 saturated carbocycles. The summed E-state index contributed by atoms with van der Waals surface area (Å²) < 4.78 is 1.57. The molecule has 178 valence electrons. The largest absolute Gasteiger partial charge is 0.282 e. The fourth-order valence-corrected chi connectivity index (χ4v) is 6.18. The second kappa shape index (κ2) is 10.1. The minimum absolute atomic E-state index is 0.0245. The number of benzene rings is 3. The monoisotopic (exact) mass is 747 g/mol. The highest BCUT2D eigenvalue weighted by atomic mass is 79.9. The van der Waals surface area contributed by atoms with Crippen molar-refractivity contribution in [1.29, 1.82) is 0 Å². The lowest BCUT2D eigenvalue weighted by molar-refractivity contribution is -0.385. The Bertz CT molecular complexity index is 1400. The van der Waals surface area contributed by atoms with Crippen LogP contribution in [-0.2, 0) is 6.54 Å². The summed E-state index contributed by atoms with van der Waals surface area (Å²) in [7, 11) is 0. The van der Waals surface area contributed by atoms with Crippen LogP contribution in [0.1, 0.15) is 36.6 Å². The van der Waals surface area contributed by atoms with Crippen LogP contribution in [0.2, 0.25) is 5.02 Å². The normalized spacial score (nSPS) is 12.7. The molecule has 0 radical (unpaired) electrons. The molecule has 0 fully saturated rings. The van der Waals surface area contributed by atoms with Gasteiger partial charge >= 0.3 is 0 Å². The van der Waals surface area contributed by atoms with Gasteiger partial charge in [0, 0.05) is 29.0 Å². The van der Waals surface area contributed by atoms with Gasteiger partial charge in [0.2, 0.25) is 0 Å². The van der Waals surface area contributed by atoms with Gasteiger partial charge in [-0.1, -0.05) is 41.9 Å². The van der Waals surface area contributed by atoms with Gasteiger partial charge in [-0.3, -0.25) is 24.5 Å². The Morgan fingerprint density at radius 3 is 1.94 bits per heavy atom. The first-order chi connectivity index (χ1) is 16.6. The van der Waals surface area contributed by atoms with E-state index in [0.29, 0.717) is 28.5 Å². The predicted octanol–water partition coefficient (Wildman–Crippen LogP) is 7.15. The smallest absolute Gasteiger partial charge is 0.267 e. The quantitative estimate of drug-likeness (QED) is 0.0907. The predicted molar refractivity (Wildman–Crippen MR) is 142 cm³/mol. The van der Waals surface area contributed by atoms with Crippen LogP contribution in [0.3, 0.4) is 0 Å². The van der Waals surface area contributed by atoms with Gasteiger partial charge in [-0.15, -0.1) is 0 Å². The number of carbonyl (C=O) groups excluding carboxylic acids is 3. The van der Waals surface area contributed by atoms with Crippen molar-refractivity contribution in [2.75, 3.05) is 0 Å². The summed E-state index contributed by atoms with van der Waals surface area (Å²) in [6.45, 7) is -0.298. The molecule has 0 atom stereocenters. The maximum absolute atomic E-state index is 13.7. The third kappa shape index (κ3) is 4.46. The molecular weight excluding hydrogens is 741 g/mol. The summed E-state index contributed by atoms with van der Waals surface area (Å²) in [4.78, 5) is 51.7. The first kappa shape index (κ1) is 26.0. The van der Waals surface area contributed by atoms with Gasteiger partial charge in [-0.05, 0) is 81.4 Å². The van der Waals surface area contributed by atoms with Crippen LogP contribution >= 0.6 is 75.3 Å². The van der Waals surface area contributed by atoms with Crippen LogP contribution in [-0.4, -0.2) is 32.7 Å². The minimum atomic E-state index is -0.919. The zero-order valence-corrected chi connectivity index (χ0v) is 24.2. The molecule has 0 aromatic heterocycles. The molecule has 0 bridgehead atoms. The van der Waals surface area contributed by atoms with Crippen molar-refractivity contribution in [3.8, 4) is 0 Å². The molecule has 8 nitrogen and oxygen atoms in total. The van der Waals surface area contributed by atoms with Crippen LogP contribution in [0, 0.1) is 10.1 Å². The van der Waals surface area contributed by atoms with E-state index in [1.54, 1.807) is 24.3 Å². The van der Waals surface area contributed by atoms with Crippen molar-refractivity contribution >= 4 is 98.7 Å². The van der Waals surface area contributed by atoms with Gasteiger partial charge < -0.3 is 0 Å². The van der Waals surface area contributed by atoms with Crippen molar-refractivity contribution < 1.29 is 19.3 Å². The molecule has 0 N–H and O–H groups in total. The van der Waals surface area contributed by atoms with Gasteiger partial charge in [-0.2, -0.15) is 5.01 Å². The molecule has 0 saturated heterocycles. The third-order valence-electron chi connectivity index (χ3n) is 5.16. The molecular formula is C22H10Br4ClN3O5. The highest BCUT2D eigenvalue weighted by Crippen LogP contribution is 2.46. The number of hydrogen-bond donors (Lipinski definition) is 0. The molecule has 13 heteroatoms. The Labute approximate surface area is 236 Å². The van der Waals surface area contributed by atoms with Gasteiger partial charge in [0.25, 0.3) is 23.4 Å². The topological polar surface area (TPSA) is 101 Å². The fraction of sp³-hybridized carbons (Fsp3) is 0.0455. The molecule has 35 heavy (non-hydrogen) atoms. The molecule has 3 amide bonds. The van der Waals surface area contributed by atoms with Crippen LogP contribution in [0.4, 0.5) is 5.69 Å². The average Bonchev–Trinajstić information content (AvgIpc) is 3.10. The molecule has 0 spiro atoms. The zero-order chi connectivity index (χ0) is 25.6. The summed E-state index contributed by atoms with van der Waals surface area (Å²) in [6.07, 6.45) is 0. The fourth-order valence-electron chi connectivity index (χ4n) is 3.53. The number of hydrazine groups is 1. The van der Waals surface area contributed by atoms with Crippen molar-refractivity contribution in [3.05, 3.63) is 104 Å². The summed E-state index contributed by atoms with van der Waals surface area (Å²) in [5.74, 6) is -2.49. The standard InChI is InChI=1S/C22H10Br4ClN3O5/c23-16-14-15(17(24)19(26)18(16)25)22(33)29(21(14)32)28(9-10-5-1-3-7-12(10)27)20(31)11-6-2-4-8-13(11)30(34)35/h1-8H,9H2. The molecule has 3 aromatic carbocycles. The van der Waals surface area contributed by atoms with E-state index < -0.39 is 28.3 Å². The highest BCUT2D eigenvalue weighted by molar-refractivity contribution is 9.15. The van der Waals surface area contributed by atoms with E-state index in [2.05, 4.69) is 63.7 Å². The molecule has 0 unspecified atom stereocenters. The lowest BCUT2D eigenvalue weighted by Gasteiger charge is -2.30. The van der Waals surface area contributed by atoms with Crippen molar-refractivity contribution in [2.45, 2.75) is 6.54 Å². The first-order valence-corrected chi connectivity index (χ1v) is 13.1. The number of para-hydroxylation sites is 1. The Kier molecular flexibility index (Phi) is 7.49. The third-order valence-corrected chi connectivity index (χ3v) is 10.3. The summed E-state index contributed by atoms with van der Waals surface area (Å²) in [5.41, 5.74) is -0.279.